The van der Waals surface area contributed by atoms with Crippen LogP contribution in [0, 0.1) is 6.92 Å². The first kappa shape index (κ1) is 19.6. The van der Waals surface area contributed by atoms with Gasteiger partial charge in [0.25, 0.3) is 5.91 Å². The Kier molecular flexibility index (Phi) is 6.73. The maximum atomic E-state index is 12.6. The highest BCUT2D eigenvalue weighted by Gasteiger charge is 2.25. The maximum absolute atomic E-state index is 12.6. The van der Waals surface area contributed by atoms with Crippen molar-refractivity contribution in [2.75, 3.05) is 26.7 Å². The predicted molar refractivity (Wildman–Crippen MR) is 91.9 cm³/mol. The molecule has 6 nitrogen and oxygen atoms in total. The number of nitrogens with two attached hydrogens (primary N) is 1. The highest BCUT2D eigenvalue weighted by Crippen LogP contribution is 2.21. The molecule has 0 fully saturated rings. The van der Waals surface area contributed by atoms with Crippen molar-refractivity contribution in [2.45, 2.75) is 38.6 Å². The van der Waals surface area contributed by atoms with Crippen molar-refractivity contribution >= 4 is 15.9 Å². The number of rotatable bonds is 7. The lowest BCUT2D eigenvalue weighted by molar-refractivity contribution is 0.0747. The van der Waals surface area contributed by atoms with Crippen LogP contribution in [0.1, 0.15) is 36.7 Å². The molecule has 130 valence electrons. The molecule has 0 bridgehead atoms. The van der Waals surface area contributed by atoms with Gasteiger partial charge in [-0.1, -0.05) is 19.9 Å². The van der Waals surface area contributed by atoms with E-state index in [2.05, 4.69) is 0 Å². The van der Waals surface area contributed by atoms with Crippen LogP contribution in [0.25, 0.3) is 0 Å². The molecule has 1 unspecified atom stereocenters. The Morgan fingerprint density at radius 2 is 1.83 bits per heavy atom. The molecule has 0 aromatic heterocycles. The van der Waals surface area contributed by atoms with Gasteiger partial charge in [0.15, 0.2) is 0 Å². The molecule has 0 saturated carbocycles. The van der Waals surface area contributed by atoms with Crippen molar-refractivity contribution in [3.63, 3.8) is 0 Å². The van der Waals surface area contributed by atoms with E-state index in [0.29, 0.717) is 25.2 Å². The number of sulfonamides is 1. The SMILES string of the molecule is CCN(CC)S(=O)(=O)c1ccc(C)c(C(=O)N(C)C(C)CN)c1. The molecule has 0 aliphatic carbocycles. The highest BCUT2D eigenvalue weighted by molar-refractivity contribution is 7.89. The van der Waals surface area contributed by atoms with Gasteiger partial charge in [0.05, 0.1) is 4.90 Å². The van der Waals surface area contributed by atoms with Crippen molar-refractivity contribution in [1.29, 1.82) is 0 Å². The van der Waals surface area contributed by atoms with E-state index in [0.717, 1.165) is 5.56 Å². The molecule has 1 rings (SSSR count). The molecule has 2 N–H and O–H groups in total. The van der Waals surface area contributed by atoms with Gasteiger partial charge in [0.1, 0.15) is 0 Å². The quantitative estimate of drug-likeness (QED) is 0.813. The van der Waals surface area contributed by atoms with Crippen LogP contribution in [-0.2, 0) is 10.0 Å². The number of benzene rings is 1. The second-order valence-corrected chi connectivity index (χ2v) is 7.50. The van der Waals surface area contributed by atoms with Crippen LogP contribution in [0.5, 0.6) is 0 Å². The maximum Gasteiger partial charge on any atom is 0.254 e. The largest absolute Gasteiger partial charge is 0.338 e. The molecule has 23 heavy (non-hydrogen) atoms. The number of hydrogen-bond donors (Lipinski definition) is 1. The number of likely N-dealkylation sites (N-methyl/N-ethyl adjacent to an activating group) is 1. The Morgan fingerprint density at radius 3 is 2.30 bits per heavy atom. The molecule has 0 radical (unpaired) electrons. The Morgan fingerprint density at radius 1 is 1.26 bits per heavy atom. The van der Waals surface area contributed by atoms with E-state index >= 15 is 0 Å². The Balaban J connectivity index is 3.31. The lowest BCUT2D eigenvalue weighted by Crippen LogP contribution is -2.40. The zero-order valence-electron chi connectivity index (χ0n) is 14.5. The molecule has 0 saturated heterocycles. The van der Waals surface area contributed by atoms with Crippen molar-refractivity contribution in [3.05, 3.63) is 29.3 Å². The van der Waals surface area contributed by atoms with Gasteiger partial charge in [0.2, 0.25) is 10.0 Å². The average Bonchev–Trinajstić information content (AvgIpc) is 2.53. The molecule has 1 aromatic rings. The summed E-state index contributed by atoms with van der Waals surface area (Å²) in [5.41, 5.74) is 6.74. The van der Waals surface area contributed by atoms with Crippen LogP contribution in [0.15, 0.2) is 23.1 Å². The summed E-state index contributed by atoms with van der Waals surface area (Å²) in [5.74, 6) is -0.225. The topological polar surface area (TPSA) is 83.7 Å². The zero-order chi connectivity index (χ0) is 17.8. The highest BCUT2D eigenvalue weighted by atomic mass is 32.2. The van der Waals surface area contributed by atoms with Crippen molar-refractivity contribution in [1.82, 2.24) is 9.21 Å². The van der Waals surface area contributed by atoms with E-state index in [-0.39, 0.29) is 16.8 Å². The molecule has 7 heteroatoms. The minimum Gasteiger partial charge on any atom is -0.338 e. The summed E-state index contributed by atoms with van der Waals surface area (Å²) >= 11 is 0. The normalized spacial score (nSPS) is 13.2. The summed E-state index contributed by atoms with van der Waals surface area (Å²) in [5, 5.41) is 0. The molecule has 1 aromatic carbocycles. The summed E-state index contributed by atoms with van der Waals surface area (Å²) in [6.45, 7) is 8.35. The van der Waals surface area contributed by atoms with Gasteiger partial charge >= 0.3 is 0 Å². The molecule has 0 heterocycles. The smallest absolute Gasteiger partial charge is 0.254 e. The second kappa shape index (κ2) is 7.90. The van der Waals surface area contributed by atoms with Crippen molar-refractivity contribution < 1.29 is 13.2 Å². The third-order valence-electron chi connectivity index (χ3n) is 4.11. The molecule has 0 spiro atoms. The number of nitrogens with zero attached hydrogens (tertiary/aromatic N) is 2. The van der Waals surface area contributed by atoms with Crippen molar-refractivity contribution in [3.8, 4) is 0 Å². The van der Waals surface area contributed by atoms with E-state index in [1.807, 2.05) is 6.92 Å². The van der Waals surface area contributed by atoms with E-state index in [1.165, 1.54) is 15.3 Å². The van der Waals surface area contributed by atoms with Crippen LogP contribution in [0.2, 0.25) is 0 Å². The van der Waals surface area contributed by atoms with Gasteiger partial charge < -0.3 is 10.6 Å². The Labute approximate surface area is 139 Å². The summed E-state index contributed by atoms with van der Waals surface area (Å²) in [6.07, 6.45) is 0. The fourth-order valence-corrected chi connectivity index (χ4v) is 3.74. The summed E-state index contributed by atoms with van der Waals surface area (Å²) in [6, 6.07) is 4.56. The minimum absolute atomic E-state index is 0.120. The summed E-state index contributed by atoms with van der Waals surface area (Å²) in [4.78, 5) is 14.3. The van der Waals surface area contributed by atoms with Crippen LogP contribution >= 0.6 is 0 Å². The third kappa shape index (κ3) is 4.10. The van der Waals surface area contributed by atoms with E-state index in [9.17, 15) is 13.2 Å². The molecular weight excluding hydrogens is 314 g/mol. The summed E-state index contributed by atoms with van der Waals surface area (Å²) < 4.78 is 26.6. The van der Waals surface area contributed by atoms with Gasteiger partial charge in [-0.2, -0.15) is 4.31 Å². The third-order valence-corrected chi connectivity index (χ3v) is 6.15. The predicted octanol–water partition coefficient (Wildman–Crippen LogP) is 1.44. The van der Waals surface area contributed by atoms with Gasteiger partial charge in [-0.05, 0) is 31.5 Å². The van der Waals surface area contributed by atoms with E-state index < -0.39 is 10.0 Å². The van der Waals surface area contributed by atoms with E-state index in [4.69, 9.17) is 5.73 Å². The number of amides is 1. The number of hydrogen-bond acceptors (Lipinski definition) is 4. The molecular formula is C16H27N3O3S. The van der Waals surface area contributed by atoms with Crippen LogP contribution in [0.4, 0.5) is 0 Å². The molecule has 0 aliphatic rings. The Hall–Kier alpha value is -1.44. The number of aryl methyl sites for hydroxylation is 1. The monoisotopic (exact) mass is 341 g/mol. The van der Waals surface area contributed by atoms with Gasteiger partial charge in [-0.25, -0.2) is 8.42 Å². The first-order valence-corrected chi connectivity index (χ1v) is 9.22. The average molecular weight is 341 g/mol. The number of carbonyl (C=O) groups excluding carboxylic acids is 1. The molecule has 1 amide bonds. The Bertz CT molecular complexity index is 655. The van der Waals surface area contributed by atoms with Gasteiger partial charge in [-0.15, -0.1) is 0 Å². The standard InChI is InChI=1S/C16H27N3O3S/c1-6-19(7-2)23(21,22)14-9-8-12(3)15(10-14)16(20)18(5)13(4)11-17/h8-10,13H,6-7,11,17H2,1-5H3. The van der Waals surface area contributed by atoms with Crippen LogP contribution in [0.3, 0.4) is 0 Å². The van der Waals surface area contributed by atoms with Gasteiger partial charge in [-0.3, -0.25) is 4.79 Å². The van der Waals surface area contributed by atoms with Crippen LogP contribution in [-0.4, -0.2) is 56.3 Å². The fraction of sp³-hybridized carbons (Fsp3) is 0.562. The van der Waals surface area contributed by atoms with Gasteiger partial charge in [0, 0.05) is 38.3 Å². The van der Waals surface area contributed by atoms with E-state index in [1.54, 1.807) is 40.0 Å². The van der Waals surface area contributed by atoms with Crippen LogP contribution < -0.4 is 5.73 Å². The number of carbonyl (C=O) groups is 1. The second-order valence-electron chi connectivity index (χ2n) is 5.57. The molecule has 1 atom stereocenters. The first-order valence-electron chi connectivity index (χ1n) is 7.78. The molecule has 0 aliphatic heterocycles. The first-order chi connectivity index (χ1) is 10.7. The fourth-order valence-electron chi connectivity index (χ4n) is 2.25. The zero-order valence-corrected chi connectivity index (χ0v) is 15.4. The lowest BCUT2D eigenvalue weighted by atomic mass is 10.1. The lowest BCUT2D eigenvalue weighted by Gasteiger charge is -2.25. The summed E-state index contributed by atoms with van der Waals surface area (Å²) in [7, 11) is -1.92. The van der Waals surface area contributed by atoms with Crippen molar-refractivity contribution in [2.24, 2.45) is 5.73 Å². The minimum atomic E-state index is -3.59.